The molecule has 4 aromatic rings. The number of ketones is 1. The molecule has 5 N–H and O–H groups in total. The molecule has 488 valence electrons. The van der Waals surface area contributed by atoms with Crippen molar-refractivity contribution >= 4 is 340 Å². The molecular formula is C45H71N3O3S34. The lowest BCUT2D eigenvalue weighted by Crippen LogP contribution is -2.01. The molecular weight excluding hydrogens is 1720 g/mol. The fraction of sp³-hybridized carbons (Fsp3) is 0.600. The number of nitrogens with one attached hydrogen (secondary N) is 2. The molecule has 0 spiro atoms. The summed E-state index contributed by atoms with van der Waals surface area (Å²) in [6.45, 7) is 5.41. The van der Waals surface area contributed by atoms with Crippen molar-refractivity contribution in [3.8, 4) is 0 Å². The molecule has 0 saturated heterocycles. The van der Waals surface area contributed by atoms with E-state index in [2.05, 4.69) is 35.9 Å². The third-order valence-electron chi connectivity index (χ3n) is 10.6. The molecule has 2 aromatic carbocycles. The highest BCUT2D eigenvalue weighted by Crippen LogP contribution is 2.20. The lowest BCUT2D eigenvalue weighted by atomic mass is 10.0. The van der Waals surface area contributed by atoms with Crippen LogP contribution in [0, 0.1) is 0 Å². The van der Waals surface area contributed by atoms with Crippen LogP contribution in [0.5, 0.6) is 0 Å². The van der Waals surface area contributed by atoms with Gasteiger partial charge in [-0.05, 0) is 42.6 Å². The number of carboxylic acids is 1. The second kappa shape index (κ2) is 70.9. The van der Waals surface area contributed by atoms with E-state index >= 15 is 0 Å². The molecule has 0 amide bonds. The summed E-state index contributed by atoms with van der Waals surface area (Å²) < 4.78 is 0. The van der Waals surface area contributed by atoms with E-state index in [9.17, 15) is 9.59 Å². The topological polar surface area (TPSA) is 112 Å². The van der Waals surface area contributed by atoms with Crippen LogP contribution in [-0.2, 0) is 329 Å². The van der Waals surface area contributed by atoms with Crippen LogP contribution in [0.25, 0.3) is 21.8 Å². The Labute approximate surface area is 606 Å². The van der Waals surface area contributed by atoms with Crippen molar-refractivity contribution in [1.82, 2.24) is 9.97 Å². The summed E-state index contributed by atoms with van der Waals surface area (Å²) in [6.07, 6.45) is 33.7. The van der Waals surface area contributed by atoms with Gasteiger partial charge >= 0.3 is 5.97 Å². The normalized spacial score (nSPS) is 9.59. The molecule has 0 aliphatic heterocycles. The van der Waals surface area contributed by atoms with E-state index in [-0.39, 0.29) is 6.42 Å². The van der Waals surface area contributed by atoms with Gasteiger partial charge in [0.2, 0.25) is 0 Å². The lowest BCUT2D eigenvalue weighted by molar-refractivity contribution is -0.136. The number of H-pyrrole nitrogens is 2. The van der Waals surface area contributed by atoms with E-state index in [0.29, 0.717) is 12.2 Å². The highest BCUT2D eigenvalue weighted by atomic mass is 33.5. The van der Waals surface area contributed by atoms with Crippen LogP contribution >= 0.6 is 0 Å². The van der Waals surface area contributed by atoms with Crippen molar-refractivity contribution in [3.63, 3.8) is 0 Å². The number of carboxylic acid groups (broad SMARTS) is 1. The molecule has 0 atom stereocenters. The Morgan fingerprint density at radius 3 is 0.918 bits per heavy atom. The maximum atomic E-state index is 12.2. The Morgan fingerprint density at radius 1 is 0.376 bits per heavy atom. The molecule has 4 rings (SSSR count). The number of nitrogens with two attached hydrogens (primary N) is 1. The summed E-state index contributed by atoms with van der Waals surface area (Å²) in [6, 6.07) is 15.9. The first-order chi connectivity index (χ1) is 41.9. The summed E-state index contributed by atoms with van der Waals surface area (Å²) in [5.74, 6) is -0.426. The van der Waals surface area contributed by atoms with Crippen LogP contribution in [-0.4, -0.2) is 33.4 Å². The Bertz CT molecular complexity index is 3980. The zero-order valence-electron chi connectivity index (χ0n) is 46.2. The van der Waals surface area contributed by atoms with Gasteiger partial charge in [0, 0.05) is 354 Å². The van der Waals surface area contributed by atoms with Crippen LogP contribution in [0.3, 0.4) is 0 Å². The summed E-state index contributed by atoms with van der Waals surface area (Å²) in [5, 5.41) is 10.8. The molecule has 0 radical (unpaired) electrons. The average molecular weight is 1790 g/mol. The number of aromatic nitrogens is 2. The van der Waals surface area contributed by atoms with Crippen LogP contribution in [0.15, 0.2) is 60.9 Å². The van der Waals surface area contributed by atoms with Gasteiger partial charge in [0.05, 0.1) is 6.42 Å². The van der Waals surface area contributed by atoms with Gasteiger partial charge in [0.1, 0.15) is 5.78 Å². The zero-order valence-corrected chi connectivity index (χ0v) is 73.9. The first-order valence-electron chi connectivity index (χ1n) is 26.0. The number of rotatable bonds is 26. The fourth-order valence-corrected chi connectivity index (χ4v) is 89.3. The standard InChI is InChI=1S/C23H35NO.C12H27N.C10H9NO2.S34/c1-2-3-4-5-6-7-8-9-10-11-12-15-21(25)18-20-19-24-23-17-14-13-16-22(20)23;1-2-3-4-5-6-7-8-9-10-11-12-13;12-10(13)5-7-6-11-9-4-2-1-3-8(7)9;1-3-5-7-9-11-13-15-17-19-21-23-25-27-29-31-33-34-32-30-28-26-24-22-20-18-16-14-12-10-8-6-4-2/h13-14,16-17,19,24H,2-12,15,18H2,1H3;2-13H2,1H3;1-4,6,11H,5H2,(H,12,13);. The number of aliphatic carboxylic acids is 1. The Balaban J connectivity index is 0.000000613. The summed E-state index contributed by atoms with van der Waals surface area (Å²) in [4.78, 5) is 29.0. The number of fused-ring (bicyclic) bond motifs is 2. The van der Waals surface area contributed by atoms with Crippen molar-refractivity contribution in [1.29, 1.82) is 0 Å². The molecule has 0 bridgehead atoms. The van der Waals surface area contributed by atoms with Crippen molar-refractivity contribution < 1.29 is 14.7 Å². The van der Waals surface area contributed by atoms with Crippen molar-refractivity contribution in [2.75, 3.05) is 6.54 Å². The van der Waals surface area contributed by atoms with E-state index in [4.69, 9.17) is 33.2 Å². The molecule has 0 fully saturated rings. The van der Waals surface area contributed by atoms with Gasteiger partial charge in [-0.1, -0.05) is 172 Å². The van der Waals surface area contributed by atoms with Gasteiger partial charge in [-0.2, -0.15) is 0 Å². The molecule has 0 aliphatic rings. The number of aromatic amines is 2. The first-order valence-corrected chi connectivity index (χ1v) is 70.0. The van der Waals surface area contributed by atoms with Gasteiger partial charge < -0.3 is 20.8 Å². The predicted octanol–water partition coefficient (Wildman–Crippen LogP) is 12.6. The molecule has 2 heterocycles. The lowest BCUT2D eigenvalue weighted by Gasteiger charge is -2.03. The maximum Gasteiger partial charge on any atom is 0.307 e. The van der Waals surface area contributed by atoms with E-state index < -0.39 is 5.97 Å². The van der Waals surface area contributed by atoms with Crippen molar-refractivity contribution in [3.05, 3.63) is 72.1 Å². The largest absolute Gasteiger partial charge is 0.481 e. The molecule has 85 heavy (non-hydrogen) atoms. The van der Waals surface area contributed by atoms with E-state index in [1.807, 2.05) is 202 Å². The van der Waals surface area contributed by atoms with Gasteiger partial charge in [0.15, 0.2) is 0 Å². The molecule has 0 unspecified atom stereocenters. The van der Waals surface area contributed by atoms with E-state index in [1.165, 1.54) is 152 Å². The van der Waals surface area contributed by atoms with E-state index in [0.717, 1.165) is 46.9 Å². The van der Waals surface area contributed by atoms with Gasteiger partial charge in [-0.3, -0.25) is 9.59 Å². The number of hydrogen-bond donors (Lipinski definition) is 4. The Hall–Kier alpha value is 4.10. The highest BCUT2D eigenvalue weighted by Gasteiger charge is 2.09. The molecule has 0 saturated carbocycles. The minimum atomic E-state index is -0.801. The number of carbonyl (C=O) groups excluding carboxylic acids is 1. The molecule has 0 aliphatic carbocycles. The highest BCUT2D eigenvalue weighted by molar-refractivity contribution is 8.80. The molecule has 40 heteroatoms. The second-order valence-corrected chi connectivity index (χ2v) is 73.0. The summed E-state index contributed by atoms with van der Waals surface area (Å²) >= 11 is 9.59. The number of hydrogen-bond acceptors (Lipinski definition) is 5. The predicted molar refractivity (Wildman–Crippen MR) is 469 cm³/mol. The van der Waals surface area contributed by atoms with Crippen molar-refractivity contribution in [2.24, 2.45) is 5.73 Å². The third-order valence-corrected chi connectivity index (χ3v) is 79.4. The average Bonchev–Trinajstić information content (AvgIpc) is 4.31. The number of benzene rings is 2. The number of para-hydroxylation sites is 2. The Morgan fingerprint density at radius 2 is 0.635 bits per heavy atom. The smallest absolute Gasteiger partial charge is 0.307 e. The van der Waals surface area contributed by atoms with Crippen LogP contribution < -0.4 is 5.73 Å². The van der Waals surface area contributed by atoms with Crippen molar-refractivity contribution in [2.45, 2.75) is 168 Å². The van der Waals surface area contributed by atoms with Crippen LogP contribution in [0.2, 0.25) is 0 Å². The molecule has 2 aromatic heterocycles. The SMILES string of the molecule is CCCCCCCCCCCCCC(=O)Cc1c[nH]c2ccccc12.CCCCCCCCCCCCN.O=C(O)Cc1c[nH]c2ccccc12.S=S=S=S=S=S=S=S=S=S=S=S=S=S=S=S=S=S=S=S=S=S=S=S=S=S=S=S=S=S=S=S=S=S. The van der Waals surface area contributed by atoms with Gasteiger partial charge in [-0.15, -0.1) is 0 Å². The van der Waals surface area contributed by atoms with E-state index in [1.54, 1.807) is 113 Å². The third kappa shape index (κ3) is 58.0. The summed E-state index contributed by atoms with van der Waals surface area (Å²) in [5.41, 5.74) is 9.51. The van der Waals surface area contributed by atoms with Crippen LogP contribution in [0.1, 0.15) is 166 Å². The minimum Gasteiger partial charge on any atom is -0.481 e. The second-order valence-electron chi connectivity index (χ2n) is 16.4. The quantitative estimate of drug-likeness (QED) is 0.0466. The Kier molecular flexibility index (Phi) is 72.6. The van der Waals surface area contributed by atoms with Gasteiger partial charge in [-0.25, -0.2) is 0 Å². The monoisotopic (exact) mass is 1790 g/mol. The zero-order chi connectivity index (χ0) is 61.4. The first kappa shape index (κ1) is 87.1. The maximum absolute atomic E-state index is 12.2. The number of Topliss-reactive ketones (excluding diaryl/α,β-unsaturated/α-hetero) is 1. The fourth-order valence-electron chi connectivity index (χ4n) is 6.98. The summed E-state index contributed by atoms with van der Waals surface area (Å²) in [7, 11) is 56.4. The number of carbonyl (C=O) groups is 2. The van der Waals surface area contributed by atoms with Gasteiger partial charge in [0.25, 0.3) is 0 Å². The minimum absolute atomic E-state index is 0.0734. The number of unbranched alkanes of at least 4 members (excludes halogenated alkanes) is 19. The molecule has 6 nitrogen and oxygen atoms in total. The van der Waals surface area contributed by atoms with Crippen LogP contribution in [0.4, 0.5) is 0 Å².